The normalized spacial score (nSPS) is 27.3. The highest BCUT2D eigenvalue weighted by Crippen LogP contribution is 2.37. The molecule has 88 valence electrons. The van der Waals surface area contributed by atoms with E-state index in [1.165, 1.54) is 0 Å². The smallest absolute Gasteiger partial charge is 0.192 e. The summed E-state index contributed by atoms with van der Waals surface area (Å²) in [5, 5.41) is 9.63. The van der Waals surface area contributed by atoms with Crippen molar-refractivity contribution in [1.29, 1.82) is 0 Å². The molecule has 1 aliphatic carbocycles. The first-order valence-corrected chi connectivity index (χ1v) is 8.63. The molecule has 0 amide bonds. The monoisotopic (exact) mass is 228 g/mol. The van der Waals surface area contributed by atoms with Crippen molar-refractivity contribution in [2.24, 2.45) is 5.92 Å². The Morgan fingerprint density at radius 2 is 1.93 bits per heavy atom. The van der Waals surface area contributed by atoms with Crippen molar-refractivity contribution in [3.63, 3.8) is 0 Å². The minimum absolute atomic E-state index is 0.252. The zero-order valence-corrected chi connectivity index (χ0v) is 11.6. The molecule has 0 spiro atoms. The van der Waals surface area contributed by atoms with Crippen LogP contribution in [-0.2, 0) is 4.43 Å². The van der Waals surface area contributed by atoms with Crippen LogP contribution in [0.4, 0.5) is 0 Å². The van der Waals surface area contributed by atoms with Crippen LogP contribution in [0.15, 0.2) is 12.2 Å². The Labute approximate surface area is 94.5 Å². The molecule has 1 aliphatic rings. The zero-order valence-electron chi connectivity index (χ0n) is 10.6. The fourth-order valence-electron chi connectivity index (χ4n) is 1.41. The minimum Gasteiger partial charge on any atom is -0.416 e. The lowest BCUT2D eigenvalue weighted by Crippen LogP contribution is -2.41. The van der Waals surface area contributed by atoms with E-state index in [1.807, 2.05) is 6.08 Å². The van der Waals surface area contributed by atoms with E-state index in [0.29, 0.717) is 5.92 Å². The Balaban J connectivity index is 2.40. The summed E-state index contributed by atoms with van der Waals surface area (Å²) in [5.74, 6) is 0.411. The Bertz CT molecular complexity index is 240. The average Bonchev–Trinajstić information content (AvgIpc) is 2.46. The van der Waals surface area contributed by atoms with E-state index in [-0.39, 0.29) is 11.1 Å². The lowest BCUT2D eigenvalue weighted by atomic mass is 10.1. The topological polar surface area (TPSA) is 29.5 Å². The van der Waals surface area contributed by atoms with Crippen molar-refractivity contribution >= 4 is 8.32 Å². The van der Waals surface area contributed by atoms with Gasteiger partial charge in [0.2, 0.25) is 0 Å². The highest BCUT2D eigenvalue weighted by atomic mass is 28.4. The molecule has 2 nitrogen and oxygen atoms in total. The summed E-state index contributed by atoms with van der Waals surface area (Å²) in [6.45, 7) is 12.0. The molecule has 0 aromatic heterocycles. The van der Waals surface area contributed by atoms with Gasteiger partial charge in [0.1, 0.15) is 0 Å². The molecule has 0 aliphatic heterocycles. The summed E-state index contributed by atoms with van der Waals surface area (Å²) in [4.78, 5) is 0. The number of rotatable bonds is 3. The maximum atomic E-state index is 9.36. The summed E-state index contributed by atoms with van der Waals surface area (Å²) in [6.07, 6.45) is 4.53. The Kier molecular flexibility index (Phi) is 3.79. The van der Waals surface area contributed by atoms with Crippen LogP contribution in [0.3, 0.4) is 0 Å². The van der Waals surface area contributed by atoms with E-state index in [2.05, 4.69) is 39.9 Å². The molecule has 0 aromatic carbocycles. The van der Waals surface area contributed by atoms with Gasteiger partial charge in [0.05, 0.1) is 6.10 Å². The second kappa shape index (κ2) is 4.40. The summed E-state index contributed by atoms with van der Waals surface area (Å²) in [5.41, 5.74) is 0. The number of aliphatic hydroxyl groups excluding tert-OH is 1. The highest BCUT2D eigenvalue weighted by Gasteiger charge is 2.37. The zero-order chi connectivity index (χ0) is 11.7. The van der Waals surface area contributed by atoms with Crippen molar-refractivity contribution < 1.29 is 9.53 Å². The lowest BCUT2D eigenvalue weighted by Gasteiger charge is -2.36. The fourth-order valence-corrected chi connectivity index (χ4v) is 2.47. The second-order valence-corrected chi connectivity index (χ2v) is 10.8. The van der Waals surface area contributed by atoms with Crippen molar-refractivity contribution in [3.05, 3.63) is 12.2 Å². The van der Waals surface area contributed by atoms with Crippen LogP contribution in [-0.4, -0.2) is 26.1 Å². The van der Waals surface area contributed by atoms with Crippen molar-refractivity contribution in [2.45, 2.75) is 51.4 Å². The first-order chi connectivity index (χ1) is 6.72. The third-order valence-electron chi connectivity index (χ3n) is 3.61. The Morgan fingerprint density at radius 1 is 1.33 bits per heavy atom. The van der Waals surface area contributed by atoms with Gasteiger partial charge in [-0.2, -0.15) is 0 Å². The third kappa shape index (κ3) is 3.43. The van der Waals surface area contributed by atoms with E-state index in [9.17, 15) is 5.11 Å². The SMILES string of the molecule is CC(C)(C)[Si](C)(C)OC[C@H]1C=C[C@H](O)C1. The summed E-state index contributed by atoms with van der Waals surface area (Å²) in [6, 6.07) is 0. The maximum absolute atomic E-state index is 9.36. The van der Waals surface area contributed by atoms with E-state index < -0.39 is 8.32 Å². The molecule has 15 heavy (non-hydrogen) atoms. The predicted octanol–water partition coefficient (Wildman–Crippen LogP) is 2.95. The lowest BCUT2D eigenvalue weighted by molar-refractivity contribution is 0.182. The van der Waals surface area contributed by atoms with Crippen LogP contribution in [0.2, 0.25) is 18.1 Å². The first kappa shape index (κ1) is 12.9. The molecule has 0 aromatic rings. The van der Waals surface area contributed by atoms with E-state index in [0.717, 1.165) is 13.0 Å². The van der Waals surface area contributed by atoms with Gasteiger partial charge in [-0.25, -0.2) is 0 Å². The molecule has 3 heteroatoms. The molecule has 0 unspecified atom stereocenters. The standard InChI is InChI=1S/C12H24O2Si/c1-12(2,3)15(4,5)14-9-10-6-7-11(13)8-10/h6-7,10-11,13H,8-9H2,1-5H3/t10-,11-/m0/s1. The Hall–Kier alpha value is -0.123. The molecule has 1 rings (SSSR count). The fraction of sp³-hybridized carbons (Fsp3) is 0.833. The van der Waals surface area contributed by atoms with E-state index >= 15 is 0 Å². The number of hydrogen-bond acceptors (Lipinski definition) is 2. The van der Waals surface area contributed by atoms with Crippen molar-refractivity contribution in [3.8, 4) is 0 Å². The summed E-state index contributed by atoms with van der Waals surface area (Å²) >= 11 is 0. The van der Waals surface area contributed by atoms with Gasteiger partial charge in [0.15, 0.2) is 8.32 Å². The number of hydrogen-bond donors (Lipinski definition) is 1. The van der Waals surface area contributed by atoms with Gasteiger partial charge in [0.25, 0.3) is 0 Å². The van der Waals surface area contributed by atoms with Gasteiger partial charge >= 0.3 is 0 Å². The van der Waals surface area contributed by atoms with Crippen LogP contribution in [0.1, 0.15) is 27.2 Å². The second-order valence-electron chi connectivity index (χ2n) is 6.02. The molecule has 0 saturated heterocycles. The molecular formula is C12H24O2Si. The van der Waals surface area contributed by atoms with Crippen LogP contribution >= 0.6 is 0 Å². The summed E-state index contributed by atoms with van der Waals surface area (Å²) in [7, 11) is -1.61. The minimum atomic E-state index is -1.61. The molecule has 0 fully saturated rings. The van der Waals surface area contributed by atoms with Gasteiger partial charge in [-0.05, 0) is 24.6 Å². The Morgan fingerprint density at radius 3 is 2.33 bits per heavy atom. The highest BCUT2D eigenvalue weighted by molar-refractivity contribution is 6.74. The first-order valence-electron chi connectivity index (χ1n) is 5.73. The molecule has 2 atom stereocenters. The van der Waals surface area contributed by atoms with Crippen molar-refractivity contribution in [1.82, 2.24) is 0 Å². The van der Waals surface area contributed by atoms with Crippen LogP contribution in [0.5, 0.6) is 0 Å². The van der Waals surface area contributed by atoms with Gasteiger partial charge in [-0.15, -0.1) is 0 Å². The molecule has 0 radical (unpaired) electrons. The molecule has 0 heterocycles. The number of aliphatic hydroxyl groups is 1. The molecule has 0 saturated carbocycles. The van der Waals surface area contributed by atoms with Gasteiger partial charge in [-0.1, -0.05) is 32.9 Å². The van der Waals surface area contributed by atoms with Gasteiger partial charge < -0.3 is 9.53 Å². The molecule has 0 bridgehead atoms. The quantitative estimate of drug-likeness (QED) is 0.594. The van der Waals surface area contributed by atoms with Crippen LogP contribution in [0.25, 0.3) is 0 Å². The molecule has 1 N–H and O–H groups in total. The molecular weight excluding hydrogens is 204 g/mol. The summed E-state index contributed by atoms with van der Waals surface area (Å²) < 4.78 is 6.10. The van der Waals surface area contributed by atoms with Crippen LogP contribution < -0.4 is 0 Å². The van der Waals surface area contributed by atoms with Crippen molar-refractivity contribution in [2.75, 3.05) is 6.61 Å². The maximum Gasteiger partial charge on any atom is 0.192 e. The largest absolute Gasteiger partial charge is 0.416 e. The van der Waals surface area contributed by atoms with Crippen LogP contribution in [0, 0.1) is 5.92 Å². The predicted molar refractivity (Wildman–Crippen MR) is 66.4 cm³/mol. The third-order valence-corrected chi connectivity index (χ3v) is 8.11. The average molecular weight is 228 g/mol. The van der Waals surface area contributed by atoms with Gasteiger partial charge in [-0.3, -0.25) is 0 Å². The van der Waals surface area contributed by atoms with E-state index in [1.54, 1.807) is 0 Å². The van der Waals surface area contributed by atoms with E-state index in [4.69, 9.17) is 4.43 Å². The van der Waals surface area contributed by atoms with Gasteiger partial charge in [0, 0.05) is 12.5 Å².